The fourth-order valence-corrected chi connectivity index (χ4v) is 6.98. The minimum Gasteiger partial charge on any atom is -0.394 e. The predicted molar refractivity (Wildman–Crippen MR) is 127 cm³/mol. The number of ether oxygens (including phenoxy) is 7. The second-order valence-corrected chi connectivity index (χ2v) is 11.6. The maximum atomic E-state index is 11.8. The van der Waals surface area contributed by atoms with E-state index in [4.69, 9.17) is 33.2 Å². The largest absolute Gasteiger partial charge is 0.394 e. The Hall–Kier alpha value is -0.930. The van der Waals surface area contributed by atoms with Crippen LogP contribution in [0.3, 0.4) is 0 Å². The molecule has 4 heterocycles. The SMILES string of the molecule is CC(=O)N[C@H]1[C@H](OC[C@H]2O[C@@H]3OC4(CCCCC4)O[C@@H]3[C@H]3OC4(CCCCC4)O[C@H]32)O[C@H](CO)[C@@H](O)[C@@H]1O. The summed E-state index contributed by atoms with van der Waals surface area (Å²) >= 11 is 0. The third-order valence-electron chi connectivity index (χ3n) is 8.88. The van der Waals surface area contributed by atoms with Gasteiger partial charge in [-0.3, -0.25) is 4.79 Å². The molecule has 12 nitrogen and oxygen atoms in total. The van der Waals surface area contributed by atoms with Gasteiger partial charge in [0.2, 0.25) is 5.91 Å². The van der Waals surface area contributed by atoms with Crippen molar-refractivity contribution in [3.05, 3.63) is 0 Å². The number of hydrogen-bond donors (Lipinski definition) is 4. The van der Waals surface area contributed by atoms with Gasteiger partial charge < -0.3 is 53.8 Å². The molecule has 0 aromatic rings. The molecule has 4 aliphatic heterocycles. The van der Waals surface area contributed by atoms with E-state index in [2.05, 4.69) is 5.32 Å². The zero-order valence-electron chi connectivity index (χ0n) is 21.9. The highest BCUT2D eigenvalue weighted by Crippen LogP contribution is 2.51. The van der Waals surface area contributed by atoms with E-state index in [1.807, 2.05) is 0 Å². The summed E-state index contributed by atoms with van der Waals surface area (Å²) in [5.41, 5.74) is 0. The molecule has 0 aromatic carbocycles. The lowest BCUT2D eigenvalue weighted by molar-refractivity contribution is -0.294. The van der Waals surface area contributed by atoms with Gasteiger partial charge in [0.1, 0.15) is 48.8 Å². The van der Waals surface area contributed by atoms with Crippen LogP contribution in [-0.2, 0) is 38.0 Å². The first-order chi connectivity index (χ1) is 18.3. The number of hydrogen-bond acceptors (Lipinski definition) is 11. The lowest BCUT2D eigenvalue weighted by atomic mass is 9.94. The third kappa shape index (κ3) is 5.02. The van der Waals surface area contributed by atoms with Crippen molar-refractivity contribution in [3.8, 4) is 0 Å². The van der Waals surface area contributed by atoms with Gasteiger partial charge in [0, 0.05) is 32.6 Å². The molecule has 216 valence electrons. The van der Waals surface area contributed by atoms with E-state index in [-0.39, 0.29) is 6.61 Å². The van der Waals surface area contributed by atoms with Crippen LogP contribution in [0.25, 0.3) is 0 Å². The fourth-order valence-electron chi connectivity index (χ4n) is 6.98. The average molecular weight is 544 g/mol. The molecule has 6 fully saturated rings. The van der Waals surface area contributed by atoms with Gasteiger partial charge in [0.05, 0.1) is 13.2 Å². The number of aliphatic hydroxyl groups is 3. The van der Waals surface area contributed by atoms with Crippen LogP contribution >= 0.6 is 0 Å². The molecule has 10 atom stereocenters. The standard InChI is InChI=1S/C26H41NO11/c1-14(29)27-17-19(31)18(30)15(12-28)33-23(17)32-13-16-20-21(36-25(35-20)8-4-2-5-9-25)22-24(34-16)38-26(37-22)10-6-3-7-11-26/h15-24,28,30-31H,2-13H2,1H3,(H,27,29)/t15-,16-,17-,18-,19-,20+,21+,22-,23-,24-/m1/s1. The van der Waals surface area contributed by atoms with Crippen molar-refractivity contribution < 1.29 is 53.3 Å². The van der Waals surface area contributed by atoms with E-state index >= 15 is 0 Å². The van der Waals surface area contributed by atoms with Gasteiger partial charge in [0.25, 0.3) is 0 Å². The molecular weight excluding hydrogens is 502 g/mol. The first-order valence-electron chi connectivity index (χ1n) is 14.2. The third-order valence-corrected chi connectivity index (χ3v) is 8.88. The molecule has 0 bridgehead atoms. The number of aliphatic hydroxyl groups excluding tert-OH is 3. The zero-order valence-corrected chi connectivity index (χ0v) is 21.9. The Kier molecular flexibility index (Phi) is 7.75. The van der Waals surface area contributed by atoms with E-state index in [0.29, 0.717) is 0 Å². The molecule has 2 spiro atoms. The van der Waals surface area contributed by atoms with Crippen molar-refractivity contribution in [3.63, 3.8) is 0 Å². The summed E-state index contributed by atoms with van der Waals surface area (Å²) in [5.74, 6) is -1.77. The smallest absolute Gasteiger partial charge is 0.217 e. The number of carbonyl (C=O) groups excluding carboxylic acids is 1. The minimum absolute atomic E-state index is 0.0120. The molecule has 0 aromatic heterocycles. The normalized spacial score (nSPS) is 45.6. The number of carbonyl (C=O) groups is 1. The van der Waals surface area contributed by atoms with Crippen molar-refractivity contribution >= 4 is 5.91 Å². The molecule has 0 unspecified atom stereocenters. The first kappa shape index (κ1) is 27.3. The van der Waals surface area contributed by atoms with Crippen LogP contribution < -0.4 is 5.32 Å². The van der Waals surface area contributed by atoms with Crippen molar-refractivity contribution in [2.24, 2.45) is 0 Å². The van der Waals surface area contributed by atoms with Gasteiger partial charge in [0.15, 0.2) is 24.2 Å². The topological polar surface area (TPSA) is 154 Å². The number of amides is 1. The maximum absolute atomic E-state index is 11.8. The van der Waals surface area contributed by atoms with Gasteiger partial charge >= 0.3 is 0 Å². The van der Waals surface area contributed by atoms with E-state index in [1.165, 1.54) is 6.92 Å². The number of fused-ring (bicyclic) bond motifs is 3. The zero-order chi connectivity index (χ0) is 26.5. The molecule has 2 saturated carbocycles. The van der Waals surface area contributed by atoms with Crippen molar-refractivity contribution in [2.75, 3.05) is 13.2 Å². The van der Waals surface area contributed by atoms with Gasteiger partial charge in [-0.05, 0) is 25.7 Å². The first-order valence-corrected chi connectivity index (χ1v) is 14.2. The Bertz CT molecular complexity index is 847. The monoisotopic (exact) mass is 543 g/mol. The highest BCUT2D eigenvalue weighted by Gasteiger charge is 2.64. The summed E-state index contributed by atoms with van der Waals surface area (Å²) < 4.78 is 44.4. The minimum atomic E-state index is -1.39. The second-order valence-electron chi connectivity index (χ2n) is 11.6. The molecule has 0 radical (unpaired) electrons. The molecule has 38 heavy (non-hydrogen) atoms. The molecular formula is C26H41NO11. The van der Waals surface area contributed by atoms with Crippen molar-refractivity contribution in [2.45, 2.75) is 144 Å². The lowest BCUT2D eigenvalue weighted by Gasteiger charge is -2.43. The van der Waals surface area contributed by atoms with Gasteiger partial charge in [-0.2, -0.15) is 0 Å². The van der Waals surface area contributed by atoms with E-state index in [1.54, 1.807) is 0 Å². The maximum Gasteiger partial charge on any atom is 0.217 e. The van der Waals surface area contributed by atoms with Crippen molar-refractivity contribution in [1.82, 2.24) is 5.32 Å². The summed E-state index contributed by atoms with van der Waals surface area (Å²) in [5, 5.41) is 33.2. The van der Waals surface area contributed by atoms with E-state index in [9.17, 15) is 20.1 Å². The summed E-state index contributed by atoms with van der Waals surface area (Å²) in [6.45, 7) is 0.767. The molecule has 2 aliphatic carbocycles. The average Bonchev–Trinajstić information content (AvgIpc) is 3.44. The highest BCUT2D eigenvalue weighted by atomic mass is 16.9. The highest BCUT2D eigenvalue weighted by molar-refractivity contribution is 5.73. The van der Waals surface area contributed by atoms with Gasteiger partial charge in [-0.25, -0.2) is 0 Å². The van der Waals surface area contributed by atoms with Crippen LogP contribution in [0.4, 0.5) is 0 Å². The Morgan fingerprint density at radius 1 is 0.816 bits per heavy atom. The summed E-state index contributed by atoms with van der Waals surface area (Å²) in [6, 6.07) is -1.04. The summed E-state index contributed by atoms with van der Waals surface area (Å²) in [7, 11) is 0. The van der Waals surface area contributed by atoms with Crippen molar-refractivity contribution in [1.29, 1.82) is 0 Å². The Morgan fingerprint density at radius 2 is 1.42 bits per heavy atom. The van der Waals surface area contributed by atoms with Crippen LogP contribution in [0.5, 0.6) is 0 Å². The molecule has 1 amide bonds. The van der Waals surface area contributed by atoms with E-state index < -0.39 is 85.4 Å². The van der Waals surface area contributed by atoms with Crippen LogP contribution in [0.15, 0.2) is 0 Å². The quantitative estimate of drug-likeness (QED) is 0.376. The van der Waals surface area contributed by atoms with Crippen LogP contribution in [0.1, 0.15) is 71.1 Å². The van der Waals surface area contributed by atoms with Crippen LogP contribution in [0.2, 0.25) is 0 Å². The molecule has 4 N–H and O–H groups in total. The lowest BCUT2D eigenvalue weighted by Crippen LogP contribution is -2.65. The van der Waals surface area contributed by atoms with Gasteiger partial charge in [-0.15, -0.1) is 0 Å². The molecule has 4 saturated heterocycles. The Balaban J connectivity index is 1.20. The van der Waals surface area contributed by atoms with Crippen LogP contribution in [-0.4, -0.2) is 107 Å². The predicted octanol–water partition coefficient (Wildman–Crippen LogP) is 0.192. The van der Waals surface area contributed by atoms with Gasteiger partial charge in [-0.1, -0.05) is 12.8 Å². The molecule has 12 heteroatoms. The Labute approximate surface area is 222 Å². The fraction of sp³-hybridized carbons (Fsp3) is 0.962. The second kappa shape index (κ2) is 10.8. The van der Waals surface area contributed by atoms with E-state index in [0.717, 1.165) is 64.2 Å². The molecule has 6 aliphatic rings. The summed E-state index contributed by atoms with van der Waals surface area (Å²) in [6.07, 6.45) is 2.14. The Morgan fingerprint density at radius 3 is 2.05 bits per heavy atom. The number of nitrogens with one attached hydrogen (secondary N) is 1. The molecule has 6 rings (SSSR count). The number of rotatable bonds is 5. The summed E-state index contributed by atoms with van der Waals surface area (Å²) in [4.78, 5) is 11.8. The van der Waals surface area contributed by atoms with Crippen LogP contribution in [0, 0.1) is 0 Å².